The molecule has 0 radical (unpaired) electrons. The highest BCUT2D eigenvalue weighted by Crippen LogP contribution is 2.26. The lowest BCUT2D eigenvalue weighted by molar-refractivity contribution is -0.116. The van der Waals surface area contributed by atoms with E-state index in [0.29, 0.717) is 23.4 Å². The monoisotopic (exact) mass is 371 g/mol. The summed E-state index contributed by atoms with van der Waals surface area (Å²) in [5, 5.41) is 11.7. The molecule has 0 heterocycles. The summed E-state index contributed by atoms with van der Waals surface area (Å²) in [4.78, 5) is 35.2. The summed E-state index contributed by atoms with van der Waals surface area (Å²) in [5.41, 5.74) is 1.02. The molecule has 0 aromatic heterocycles. The molecule has 0 saturated heterocycles. The van der Waals surface area contributed by atoms with Gasteiger partial charge in [-0.15, -0.1) is 0 Å². The van der Waals surface area contributed by atoms with Crippen LogP contribution in [0.4, 0.5) is 5.69 Å². The third kappa shape index (κ3) is 5.57. The molecule has 0 aliphatic heterocycles. The Labute approximate surface area is 156 Å². The van der Waals surface area contributed by atoms with Gasteiger partial charge in [-0.2, -0.15) is 0 Å². The maximum atomic E-state index is 12.1. The van der Waals surface area contributed by atoms with E-state index >= 15 is 0 Å². The lowest BCUT2D eigenvalue weighted by Crippen LogP contribution is -2.13. The molecule has 0 aliphatic rings. The molecule has 2 rings (SSSR count). The largest absolute Gasteiger partial charge is 0.497 e. The summed E-state index contributed by atoms with van der Waals surface area (Å²) in [6.45, 7) is 0. The number of ether oxygens (including phenoxy) is 2. The van der Waals surface area contributed by atoms with Crippen molar-refractivity contribution in [3.05, 3.63) is 53.6 Å². The molecule has 0 spiro atoms. The van der Waals surface area contributed by atoms with Crippen molar-refractivity contribution in [3.63, 3.8) is 0 Å². The second kappa shape index (κ2) is 9.38. The summed E-state index contributed by atoms with van der Waals surface area (Å²) < 4.78 is 10.2. The Morgan fingerprint density at radius 3 is 2.19 bits per heavy atom. The molecule has 142 valence electrons. The quantitative estimate of drug-likeness (QED) is 0.655. The lowest BCUT2D eigenvalue weighted by Gasteiger charge is -2.11. The number of methoxy groups -OCH3 is 2. The van der Waals surface area contributed by atoms with Crippen LogP contribution in [0.2, 0.25) is 0 Å². The molecule has 7 nitrogen and oxygen atoms in total. The van der Waals surface area contributed by atoms with Crippen LogP contribution in [-0.2, 0) is 4.79 Å². The first-order valence-corrected chi connectivity index (χ1v) is 8.33. The maximum absolute atomic E-state index is 12.1. The van der Waals surface area contributed by atoms with Gasteiger partial charge < -0.3 is 19.9 Å². The van der Waals surface area contributed by atoms with Crippen LogP contribution >= 0.6 is 0 Å². The fraction of sp³-hybridized carbons (Fsp3) is 0.250. The number of benzene rings is 2. The van der Waals surface area contributed by atoms with E-state index in [-0.39, 0.29) is 35.8 Å². The van der Waals surface area contributed by atoms with Crippen molar-refractivity contribution in [1.82, 2.24) is 0 Å². The Balaban J connectivity index is 1.87. The molecule has 2 aromatic rings. The van der Waals surface area contributed by atoms with Crippen molar-refractivity contribution in [2.75, 3.05) is 19.5 Å². The normalized spacial score (nSPS) is 10.1. The van der Waals surface area contributed by atoms with Gasteiger partial charge in [0, 0.05) is 18.4 Å². The third-order valence-corrected chi connectivity index (χ3v) is 3.94. The minimum absolute atomic E-state index is 0.0474. The molecule has 7 heteroatoms. The summed E-state index contributed by atoms with van der Waals surface area (Å²) in [6.07, 6.45) is 0.798. The standard InChI is InChI=1S/C20H21NO6/c1-26-15-9-6-13(7-10-15)17(22)4-3-5-19(23)21-16-11-8-14(20(24)25)12-18(16)27-2/h6-12H,3-5H2,1-2H3,(H,21,23)(H,24,25). The molecule has 0 bridgehead atoms. The number of Topliss-reactive ketones (excluding diaryl/α,β-unsaturated/α-hetero) is 1. The number of ketones is 1. The second-order valence-electron chi connectivity index (χ2n) is 5.77. The van der Waals surface area contributed by atoms with Gasteiger partial charge in [0.15, 0.2) is 5.78 Å². The van der Waals surface area contributed by atoms with Gasteiger partial charge in [0.05, 0.1) is 25.5 Å². The number of anilines is 1. The van der Waals surface area contributed by atoms with E-state index in [1.54, 1.807) is 31.4 Å². The fourth-order valence-corrected chi connectivity index (χ4v) is 2.47. The number of hydrogen-bond donors (Lipinski definition) is 2. The minimum atomic E-state index is -1.08. The van der Waals surface area contributed by atoms with Crippen molar-refractivity contribution >= 4 is 23.3 Å². The molecule has 2 aromatic carbocycles. The van der Waals surface area contributed by atoms with Crippen LogP contribution in [0, 0.1) is 0 Å². The average molecular weight is 371 g/mol. The number of hydrogen-bond acceptors (Lipinski definition) is 5. The first kappa shape index (κ1) is 20.0. The number of carbonyl (C=O) groups is 3. The van der Waals surface area contributed by atoms with Crippen LogP contribution in [0.25, 0.3) is 0 Å². The third-order valence-electron chi connectivity index (χ3n) is 3.94. The molecule has 0 aliphatic carbocycles. The van der Waals surface area contributed by atoms with E-state index < -0.39 is 5.97 Å². The van der Waals surface area contributed by atoms with E-state index in [1.165, 1.54) is 25.3 Å². The van der Waals surface area contributed by atoms with E-state index in [4.69, 9.17) is 14.6 Å². The number of rotatable bonds is 9. The van der Waals surface area contributed by atoms with Crippen molar-refractivity contribution in [3.8, 4) is 11.5 Å². The van der Waals surface area contributed by atoms with Crippen LogP contribution in [0.15, 0.2) is 42.5 Å². The Bertz CT molecular complexity index is 829. The molecule has 0 atom stereocenters. The number of nitrogens with one attached hydrogen (secondary N) is 1. The van der Waals surface area contributed by atoms with Crippen molar-refractivity contribution < 1.29 is 29.0 Å². The molecular weight excluding hydrogens is 350 g/mol. The highest BCUT2D eigenvalue weighted by molar-refractivity contribution is 5.97. The summed E-state index contributed by atoms with van der Waals surface area (Å²) in [6, 6.07) is 11.0. The molecular formula is C20H21NO6. The molecule has 0 saturated carbocycles. The number of carbonyl (C=O) groups excluding carboxylic acids is 2. The number of carboxylic acid groups (broad SMARTS) is 1. The highest BCUT2D eigenvalue weighted by atomic mass is 16.5. The van der Waals surface area contributed by atoms with Crippen molar-refractivity contribution in [2.24, 2.45) is 0 Å². The van der Waals surface area contributed by atoms with Gasteiger partial charge in [0.25, 0.3) is 0 Å². The van der Waals surface area contributed by atoms with Crippen LogP contribution in [-0.4, -0.2) is 37.0 Å². The number of aromatic carboxylic acids is 1. The van der Waals surface area contributed by atoms with E-state index in [0.717, 1.165) is 0 Å². The number of carboxylic acids is 1. The second-order valence-corrected chi connectivity index (χ2v) is 5.77. The van der Waals surface area contributed by atoms with Gasteiger partial charge in [0.1, 0.15) is 11.5 Å². The zero-order chi connectivity index (χ0) is 19.8. The highest BCUT2D eigenvalue weighted by Gasteiger charge is 2.12. The predicted octanol–water partition coefficient (Wildman–Crippen LogP) is 3.39. The van der Waals surface area contributed by atoms with Crippen LogP contribution in [0.3, 0.4) is 0 Å². The van der Waals surface area contributed by atoms with Gasteiger partial charge in [-0.3, -0.25) is 9.59 Å². The summed E-state index contributed by atoms with van der Waals surface area (Å²) in [7, 11) is 2.95. The Kier molecular flexibility index (Phi) is 6.93. The Hall–Kier alpha value is -3.35. The molecule has 1 amide bonds. The van der Waals surface area contributed by atoms with E-state index in [1.807, 2.05) is 0 Å². The zero-order valence-corrected chi connectivity index (χ0v) is 15.2. The Morgan fingerprint density at radius 2 is 1.59 bits per heavy atom. The van der Waals surface area contributed by atoms with E-state index in [9.17, 15) is 14.4 Å². The van der Waals surface area contributed by atoms with Gasteiger partial charge >= 0.3 is 5.97 Å². The number of amides is 1. The first-order valence-electron chi connectivity index (χ1n) is 8.33. The molecule has 0 unspecified atom stereocenters. The topological polar surface area (TPSA) is 102 Å². The summed E-state index contributed by atoms with van der Waals surface area (Å²) >= 11 is 0. The van der Waals surface area contributed by atoms with Gasteiger partial charge in [0.2, 0.25) is 5.91 Å². The average Bonchev–Trinajstić information content (AvgIpc) is 2.68. The van der Waals surface area contributed by atoms with Crippen LogP contribution in [0.1, 0.15) is 40.0 Å². The van der Waals surface area contributed by atoms with Crippen LogP contribution in [0.5, 0.6) is 11.5 Å². The smallest absolute Gasteiger partial charge is 0.335 e. The molecule has 27 heavy (non-hydrogen) atoms. The Morgan fingerprint density at radius 1 is 0.926 bits per heavy atom. The van der Waals surface area contributed by atoms with Gasteiger partial charge in [-0.05, 0) is 48.9 Å². The fourth-order valence-electron chi connectivity index (χ4n) is 2.47. The van der Waals surface area contributed by atoms with Gasteiger partial charge in [-0.1, -0.05) is 0 Å². The van der Waals surface area contributed by atoms with Crippen LogP contribution < -0.4 is 14.8 Å². The SMILES string of the molecule is COc1ccc(C(=O)CCCC(=O)Nc2ccc(C(=O)O)cc2OC)cc1. The van der Waals surface area contributed by atoms with Gasteiger partial charge in [-0.25, -0.2) is 4.79 Å². The summed E-state index contributed by atoms with van der Waals surface area (Å²) in [5.74, 6) is -0.470. The molecule has 0 fully saturated rings. The van der Waals surface area contributed by atoms with Crippen molar-refractivity contribution in [1.29, 1.82) is 0 Å². The zero-order valence-electron chi connectivity index (χ0n) is 15.2. The maximum Gasteiger partial charge on any atom is 0.335 e. The minimum Gasteiger partial charge on any atom is -0.497 e. The predicted molar refractivity (Wildman–Crippen MR) is 99.8 cm³/mol. The van der Waals surface area contributed by atoms with Crippen molar-refractivity contribution in [2.45, 2.75) is 19.3 Å². The lowest BCUT2D eigenvalue weighted by atomic mass is 10.1. The first-order chi connectivity index (χ1) is 12.9. The van der Waals surface area contributed by atoms with E-state index in [2.05, 4.69) is 5.32 Å². The molecule has 2 N–H and O–H groups in total.